The summed E-state index contributed by atoms with van der Waals surface area (Å²) in [6, 6.07) is 0. The lowest BCUT2D eigenvalue weighted by atomic mass is 9.74. The quantitative estimate of drug-likeness (QED) is 0.739. The molecule has 6 nitrogen and oxygen atoms in total. The maximum absolute atomic E-state index is 10.8. The third-order valence-corrected chi connectivity index (χ3v) is 9.76. The van der Waals surface area contributed by atoms with Crippen LogP contribution in [0.3, 0.4) is 0 Å². The van der Waals surface area contributed by atoms with E-state index >= 15 is 0 Å². The minimum absolute atomic E-state index is 0.0177. The van der Waals surface area contributed by atoms with Gasteiger partial charge in [0.05, 0.1) is 12.2 Å². The van der Waals surface area contributed by atoms with E-state index in [1.165, 1.54) is 0 Å². The first-order valence-electron chi connectivity index (χ1n) is 9.25. The van der Waals surface area contributed by atoms with Crippen LogP contribution in [-0.4, -0.2) is 60.3 Å². The predicted molar refractivity (Wildman–Crippen MR) is 95.5 cm³/mol. The van der Waals surface area contributed by atoms with Crippen molar-refractivity contribution in [1.82, 2.24) is 0 Å². The summed E-state index contributed by atoms with van der Waals surface area (Å²) in [7, 11) is -2.40. The number of hydrogen-bond acceptors (Lipinski definition) is 6. The van der Waals surface area contributed by atoms with E-state index in [-0.39, 0.29) is 23.2 Å². The highest BCUT2D eigenvalue weighted by Gasteiger charge is 2.63. The van der Waals surface area contributed by atoms with E-state index in [9.17, 15) is 9.90 Å². The molecule has 0 aromatic rings. The van der Waals surface area contributed by atoms with E-state index in [4.69, 9.17) is 18.9 Å². The Morgan fingerprint density at radius 1 is 0.840 bits per heavy atom. The van der Waals surface area contributed by atoms with Gasteiger partial charge in [-0.1, -0.05) is 13.8 Å². The Morgan fingerprint density at radius 2 is 1.20 bits per heavy atom. The zero-order chi connectivity index (χ0) is 19.0. The second-order valence-electron chi connectivity index (χ2n) is 9.93. The first-order chi connectivity index (χ1) is 11.1. The van der Waals surface area contributed by atoms with Crippen LogP contribution in [0.15, 0.2) is 0 Å². The summed E-state index contributed by atoms with van der Waals surface area (Å²) >= 11 is 0. The molecule has 0 radical (unpaired) electrons. The van der Waals surface area contributed by atoms with Crippen molar-refractivity contribution < 1.29 is 28.8 Å². The van der Waals surface area contributed by atoms with Gasteiger partial charge in [-0.05, 0) is 52.2 Å². The average Bonchev–Trinajstić information content (AvgIpc) is 2.89. The normalized spacial score (nSPS) is 43.0. The third-order valence-electron chi connectivity index (χ3n) is 6.25. The zero-order valence-corrected chi connectivity index (χ0v) is 17.7. The van der Waals surface area contributed by atoms with Crippen LogP contribution in [0.25, 0.3) is 0 Å². The second-order valence-corrected chi connectivity index (χ2v) is 14.4. The lowest BCUT2D eigenvalue weighted by molar-refractivity contribution is -0.180. The van der Waals surface area contributed by atoms with Gasteiger partial charge in [-0.2, -0.15) is 0 Å². The highest BCUT2D eigenvalue weighted by molar-refractivity contribution is 6.72. The van der Waals surface area contributed by atoms with Gasteiger partial charge in [-0.3, -0.25) is 0 Å². The molecule has 7 heteroatoms. The molecule has 0 spiro atoms. The Hall–Kier alpha value is -0.0231. The SMILES string of the molecule is CC1(C)O[C@@H]2C(O)[C@@H]3OC(C)(C)O[C@H]3C(CC(C)(C)[Si](C)(C)O)[C@@H]2O1. The van der Waals surface area contributed by atoms with Crippen molar-refractivity contribution in [2.75, 3.05) is 0 Å². The molecule has 0 aromatic heterocycles. The predicted octanol–water partition coefficient (Wildman–Crippen LogP) is 2.38. The summed E-state index contributed by atoms with van der Waals surface area (Å²) < 4.78 is 24.4. The smallest absolute Gasteiger partial charge is 0.188 e. The molecule has 25 heavy (non-hydrogen) atoms. The lowest BCUT2D eigenvalue weighted by Crippen LogP contribution is -2.60. The minimum Gasteiger partial charge on any atom is -0.432 e. The van der Waals surface area contributed by atoms with Crippen molar-refractivity contribution in [2.45, 2.75) is 108 Å². The molecule has 3 fully saturated rings. The van der Waals surface area contributed by atoms with Crippen LogP contribution in [0.5, 0.6) is 0 Å². The fourth-order valence-electron chi connectivity index (χ4n) is 4.27. The average molecular weight is 375 g/mol. The molecule has 2 aliphatic heterocycles. The van der Waals surface area contributed by atoms with Gasteiger partial charge in [0, 0.05) is 5.92 Å². The van der Waals surface area contributed by atoms with E-state index in [1.54, 1.807) is 0 Å². The summed E-state index contributed by atoms with van der Waals surface area (Å²) in [5.74, 6) is -1.52. The monoisotopic (exact) mass is 374 g/mol. The molecule has 2 unspecified atom stereocenters. The molecule has 3 rings (SSSR count). The summed E-state index contributed by atoms with van der Waals surface area (Å²) in [5, 5.41) is 10.6. The Bertz CT molecular complexity index is 494. The Kier molecular flexibility index (Phi) is 4.53. The molecule has 1 saturated carbocycles. The molecule has 2 saturated heterocycles. The van der Waals surface area contributed by atoms with Gasteiger partial charge in [-0.15, -0.1) is 0 Å². The van der Waals surface area contributed by atoms with Crippen LogP contribution in [0.1, 0.15) is 48.0 Å². The van der Waals surface area contributed by atoms with Gasteiger partial charge in [-0.25, -0.2) is 0 Å². The van der Waals surface area contributed by atoms with Crippen LogP contribution in [0.2, 0.25) is 18.1 Å². The lowest BCUT2D eigenvalue weighted by Gasteiger charge is -2.46. The van der Waals surface area contributed by atoms with Crippen molar-refractivity contribution in [3.05, 3.63) is 0 Å². The second kappa shape index (κ2) is 5.74. The van der Waals surface area contributed by atoms with E-state index < -0.39 is 38.2 Å². The van der Waals surface area contributed by atoms with Crippen molar-refractivity contribution >= 4 is 8.32 Å². The highest BCUT2D eigenvalue weighted by atomic mass is 28.4. The number of ether oxygens (including phenoxy) is 4. The molecule has 0 bridgehead atoms. The third kappa shape index (κ3) is 3.45. The largest absolute Gasteiger partial charge is 0.432 e. The van der Waals surface area contributed by atoms with Crippen LogP contribution >= 0.6 is 0 Å². The van der Waals surface area contributed by atoms with E-state index in [0.29, 0.717) is 0 Å². The Labute approximate surface area is 151 Å². The van der Waals surface area contributed by atoms with Gasteiger partial charge >= 0.3 is 0 Å². The molecule has 3 aliphatic rings. The zero-order valence-electron chi connectivity index (χ0n) is 16.7. The molecule has 0 aromatic carbocycles. The van der Waals surface area contributed by atoms with Crippen LogP contribution in [-0.2, 0) is 18.9 Å². The summed E-state index contributed by atoms with van der Waals surface area (Å²) in [6.07, 6.45) is -1.51. The Balaban J connectivity index is 1.95. The van der Waals surface area contributed by atoms with Crippen molar-refractivity contribution in [1.29, 1.82) is 0 Å². The van der Waals surface area contributed by atoms with Crippen molar-refractivity contribution in [2.24, 2.45) is 5.92 Å². The van der Waals surface area contributed by atoms with Crippen molar-refractivity contribution in [3.63, 3.8) is 0 Å². The van der Waals surface area contributed by atoms with Crippen LogP contribution in [0, 0.1) is 5.92 Å². The molecule has 0 amide bonds. The van der Waals surface area contributed by atoms with Gasteiger partial charge in [0.25, 0.3) is 0 Å². The van der Waals surface area contributed by atoms with Gasteiger partial charge < -0.3 is 28.8 Å². The fraction of sp³-hybridized carbons (Fsp3) is 1.00. The summed E-state index contributed by atoms with van der Waals surface area (Å²) in [4.78, 5) is 10.8. The van der Waals surface area contributed by atoms with E-state index in [0.717, 1.165) is 6.42 Å². The highest BCUT2D eigenvalue weighted by Crippen LogP contribution is 2.52. The maximum Gasteiger partial charge on any atom is 0.188 e. The number of fused-ring (bicyclic) bond motifs is 2. The summed E-state index contributed by atoms with van der Waals surface area (Å²) in [5.41, 5.74) is 0. The molecule has 1 aliphatic carbocycles. The van der Waals surface area contributed by atoms with E-state index in [1.807, 2.05) is 40.8 Å². The molecule has 2 N–H and O–H groups in total. The van der Waals surface area contributed by atoms with Crippen LogP contribution in [0.4, 0.5) is 0 Å². The minimum atomic E-state index is -2.40. The molecule has 2 heterocycles. The van der Waals surface area contributed by atoms with E-state index in [2.05, 4.69) is 13.8 Å². The maximum atomic E-state index is 10.8. The Morgan fingerprint density at radius 3 is 1.56 bits per heavy atom. The fourth-order valence-corrected chi connectivity index (χ4v) is 5.01. The number of aliphatic hydroxyl groups is 1. The first-order valence-corrected chi connectivity index (χ1v) is 12.2. The molecule has 146 valence electrons. The van der Waals surface area contributed by atoms with Gasteiger partial charge in [0.1, 0.15) is 18.3 Å². The number of hydrogen-bond donors (Lipinski definition) is 2. The number of aliphatic hydroxyl groups excluding tert-OH is 1. The van der Waals surface area contributed by atoms with Crippen molar-refractivity contribution in [3.8, 4) is 0 Å². The van der Waals surface area contributed by atoms with Gasteiger partial charge in [0.2, 0.25) is 0 Å². The standard InChI is InChI=1S/C18H34O6Si/c1-16(2,25(7,8)20)9-10-12-14(23-17(3,4)21-12)11(19)15-13(10)22-18(5,6)24-15/h10-15,19-20H,9H2,1-8H3/t10?,11?,12-,13-,14-,15+/m0/s1. The van der Waals surface area contributed by atoms with Crippen LogP contribution < -0.4 is 0 Å². The van der Waals surface area contributed by atoms with Gasteiger partial charge in [0.15, 0.2) is 19.9 Å². The molecular formula is C18H34O6Si. The topological polar surface area (TPSA) is 77.4 Å². The molecular weight excluding hydrogens is 340 g/mol. The number of rotatable bonds is 3. The first kappa shape index (κ1) is 19.7. The molecule has 6 atom stereocenters. The summed E-state index contributed by atoms with van der Waals surface area (Å²) in [6.45, 7) is 15.6.